The van der Waals surface area contributed by atoms with Crippen molar-refractivity contribution in [3.05, 3.63) is 11.4 Å². The quantitative estimate of drug-likeness (QED) is 0.716. The van der Waals surface area contributed by atoms with Gasteiger partial charge in [0.2, 0.25) is 0 Å². The van der Waals surface area contributed by atoms with Crippen LogP contribution in [0.2, 0.25) is 0 Å². The molecule has 0 spiro atoms. The van der Waals surface area contributed by atoms with Crippen molar-refractivity contribution in [2.45, 2.75) is 52.0 Å². The molecular weight excluding hydrogens is 260 g/mol. The van der Waals surface area contributed by atoms with Crippen LogP contribution in [-0.2, 0) is 16.1 Å². The van der Waals surface area contributed by atoms with Gasteiger partial charge >= 0.3 is 6.09 Å². The van der Waals surface area contributed by atoms with Crippen LogP contribution in [0.1, 0.15) is 38.2 Å². The van der Waals surface area contributed by atoms with Gasteiger partial charge in [0.15, 0.2) is 0 Å². The van der Waals surface area contributed by atoms with Crippen molar-refractivity contribution in [1.29, 1.82) is 0 Å². The van der Waals surface area contributed by atoms with E-state index >= 15 is 0 Å². The molecule has 20 heavy (non-hydrogen) atoms. The van der Waals surface area contributed by atoms with Crippen molar-refractivity contribution >= 4 is 6.09 Å². The van der Waals surface area contributed by atoms with Gasteiger partial charge in [0, 0.05) is 6.54 Å². The van der Waals surface area contributed by atoms with Crippen LogP contribution in [-0.4, -0.2) is 50.8 Å². The first-order valence-electron chi connectivity index (χ1n) is 6.85. The third kappa shape index (κ3) is 2.26. The van der Waals surface area contributed by atoms with Crippen molar-refractivity contribution in [3.8, 4) is 0 Å². The van der Waals surface area contributed by atoms with Crippen LogP contribution >= 0.6 is 0 Å². The maximum atomic E-state index is 12.1. The van der Waals surface area contributed by atoms with E-state index in [0.717, 1.165) is 11.4 Å². The molecule has 0 bridgehead atoms. The number of aryl methyl sites for hydroxylation is 1. The molecule has 1 aromatic rings. The topological polar surface area (TPSA) is 69.5 Å². The summed E-state index contributed by atoms with van der Waals surface area (Å²) in [6.45, 7) is 9.11. The summed E-state index contributed by atoms with van der Waals surface area (Å²) in [7, 11) is 0. The summed E-state index contributed by atoms with van der Waals surface area (Å²) in [5.41, 5.74) is 1.40. The SMILES string of the molecule is Cc1nnn2c1CO[C@@H]1CN(C(=O)OC(C)(C)C)C[C@H]12. The summed E-state index contributed by atoms with van der Waals surface area (Å²) in [5.74, 6) is 0. The smallest absolute Gasteiger partial charge is 0.410 e. The largest absolute Gasteiger partial charge is 0.444 e. The first-order valence-corrected chi connectivity index (χ1v) is 6.85. The monoisotopic (exact) mass is 280 g/mol. The highest BCUT2D eigenvalue weighted by Crippen LogP contribution is 2.31. The average Bonchev–Trinajstić information content (AvgIpc) is 2.90. The summed E-state index contributed by atoms with van der Waals surface area (Å²) in [5, 5.41) is 8.26. The Morgan fingerprint density at radius 2 is 2.15 bits per heavy atom. The fourth-order valence-electron chi connectivity index (χ4n) is 2.65. The molecule has 7 heteroatoms. The summed E-state index contributed by atoms with van der Waals surface area (Å²) >= 11 is 0. The Morgan fingerprint density at radius 1 is 1.40 bits per heavy atom. The van der Waals surface area contributed by atoms with Gasteiger partial charge in [0.25, 0.3) is 0 Å². The second kappa shape index (κ2) is 4.44. The molecule has 1 fully saturated rings. The van der Waals surface area contributed by atoms with E-state index in [9.17, 15) is 4.79 Å². The second-order valence-electron chi connectivity index (χ2n) is 6.37. The fraction of sp³-hybridized carbons (Fsp3) is 0.769. The number of ether oxygens (including phenoxy) is 2. The van der Waals surface area contributed by atoms with Crippen molar-refractivity contribution in [1.82, 2.24) is 19.9 Å². The standard InChI is InChI=1S/C13H20N4O3/c1-8-10-7-19-11-6-16(12(18)20-13(2,3)4)5-9(11)17(10)15-14-8/h9,11H,5-7H2,1-4H3/t9-,11-/m1/s1. The normalized spacial score (nSPS) is 25.3. The Hall–Kier alpha value is -1.63. The third-order valence-electron chi connectivity index (χ3n) is 3.62. The van der Waals surface area contributed by atoms with Crippen molar-refractivity contribution in [3.63, 3.8) is 0 Å². The van der Waals surface area contributed by atoms with E-state index in [-0.39, 0.29) is 18.2 Å². The Balaban J connectivity index is 1.75. The third-order valence-corrected chi connectivity index (χ3v) is 3.62. The van der Waals surface area contributed by atoms with Gasteiger partial charge in [-0.25, -0.2) is 9.48 Å². The van der Waals surface area contributed by atoms with Crippen LogP contribution in [0.4, 0.5) is 4.79 Å². The summed E-state index contributed by atoms with van der Waals surface area (Å²) in [6, 6.07) is 0.0347. The molecule has 0 N–H and O–H groups in total. The Bertz CT molecular complexity index is 534. The number of amides is 1. The summed E-state index contributed by atoms with van der Waals surface area (Å²) < 4.78 is 13.1. The van der Waals surface area contributed by atoms with E-state index in [2.05, 4.69) is 10.3 Å². The van der Waals surface area contributed by atoms with Gasteiger partial charge in [-0.1, -0.05) is 5.21 Å². The molecule has 2 aliphatic heterocycles. The molecule has 1 aromatic heterocycles. The number of likely N-dealkylation sites (tertiary alicyclic amines) is 1. The molecule has 1 amide bonds. The highest BCUT2D eigenvalue weighted by Gasteiger charge is 2.43. The van der Waals surface area contributed by atoms with Crippen LogP contribution in [0.3, 0.4) is 0 Å². The van der Waals surface area contributed by atoms with E-state index in [4.69, 9.17) is 9.47 Å². The van der Waals surface area contributed by atoms with Crippen molar-refractivity contribution < 1.29 is 14.3 Å². The predicted octanol–water partition coefficient (Wildman–Crippen LogP) is 1.28. The zero-order valence-electron chi connectivity index (χ0n) is 12.3. The zero-order chi connectivity index (χ0) is 14.5. The van der Waals surface area contributed by atoms with Crippen LogP contribution in [0.25, 0.3) is 0 Å². The lowest BCUT2D eigenvalue weighted by Crippen LogP contribution is -2.36. The molecule has 0 aromatic carbocycles. The van der Waals surface area contributed by atoms with Crippen molar-refractivity contribution in [2.24, 2.45) is 0 Å². The first-order chi connectivity index (χ1) is 9.35. The molecule has 1 saturated heterocycles. The average molecular weight is 280 g/mol. The molecule has 2 atom stereocenters. The fourth-order valence-corrected chi connectivity index (χ4v) is 2.65. The lowest BCUT2D eigenvalue weighted by Gasteiger charge is -2.25. The Morgan fingerprint density at radius 3 is 2.85 bits per heavy atom. The second-order valence-corrected chi connectivity index (χ2v) is 6.37. The summed E-state index contributed by atoms with van der Waals surface area (Å²) in [6.07, 6.45) is -0.329. The molecule has 7 nitrogen and oxygen atoms in total. The maximum Gasteiger partial charge on any atom is 0.410 e. The molecule has 0 aliphatic carbocycles. The number of aromatic nitrogens is 3. The van der Waals surface area contributed by atoms with Crippen LogP contribution in [0.5, 0.6) is 0 Å². The highest BCUT2D eigenvalue weighted by molar-refractivity contribution is 5.68. The Labute approximate surface area is 117 Å². The van der Waals surface area contributed by atoms with Gasteiger partial charge in [-0.05, 0) is 27.7 Å². The number of carbonyl (C=O) groups is 1. The molecule has 0 unspecified atom stereocenters. The van der Waals surface area contributed by atoms with E-state index in [0.29, 0.717) is 19.7 Å². The number of hydrogen-bond acceptors (Lipinski definition) is 5. The van der Waals surface area contributed by atoms with E-state index in [1.807, 2.05) is 32.4 Å². The number of rotatable bonds is 0. The van der Waals surface area contributed by atoms with E-state index in [1.165, 1.54) is 0 Å². The summed E-state index contributed by atoms with van der Waals surface area (Å²) in [4.78, 5) is 13.8. The van der Waals surface area contributed by atoms with Crippen molar-refractivity contribution in [2.75, 3.05) is 13.1 Å². The zero-order valence-corrected chi connectivity index (χ0v) is 12.3. The lowest BCUT2D eigenvalue weighted by atomic mass is 10.1. The minimum atomic E-state index is -0.485. The molecule has 3 rings (SSSR count). The van der Waals surface area contributed by atoms with Crippen LogP contribution in [0, 0.1) is 6.92 Å². The number of hydrogen-bond donors (Lipinski definition) is 0. The maximum absolute atomic E-state index is 12.1. The minimum Gasteiger partial charge on any atom is -0.444 e. The molecule has 110 valence electrons. The van der Waals surface area contributed by atoms with Gasteiger partial charge in [-0.15, -0.1) is 5.10 Å². The molecule has 3 heterocycles. The lowest BCUT2D eigenvalue weighted by molar-refractivity contribution is -0.00768. The van der Waals surface area contributed by atoms with E-state index < -0.39 is 5.60 Å². The number of fused-ring (bicyclic) bond motifs is 3. The molecule has 0 saturated carbocycles. The number of carbonyl (C=O) groups excluding carboxylic acids is 1. The van der Waals surface area contributed by atoms with Crippen LogP contribution in [0.15, 0.2) is 0 Å². The minimum absolute atomic E-state index is 0.0314. The van der Waals surface area contributed by atoms with Gasteiger partial charge in [-0.3, -0.25) is 0 Å². The molecule has 0 radical (unpaired) electrons. The first kappa shape index (κ1) is 13.4. The molecular formula is C13H20N4O3. The highest BCUT2D eigenvalue weighted by atomic mass is 16.6. The Kier molecular flexibility index (Phi) is 2.97. The van der Waals surface area contributed by atoms with Gasteiger partial charge in [-0.2, -0.15) is 0 Å². The molecule has 2 aliphatic rings. The van der Waals surface area contributed by atoms with Gasteiger partial charge in [0.05, 0.1) is 36.7 Å². The predicted molar refractivity (Wildman–Crippen MR) is 70.2 cm³/mol. The van der Waals surface area contributed by atoms with Gasteiger partial charge < -0.3 is 14.4 Å². The van der Waals surface area contributed by atoms with Crippen LogP contribution < -0.4 is 0 Å². The van der Waals surface area contributed by atoms with E-state index in [1.54, 1.807) is 4.90 Å². The van der Waals surface area contributed by atoms with Gasteiger partial charge in [0.1, 0.15) is 5.60 Å². The number of nitrogens with zero attached hydrogens (tertiary/aromatic N) is 4.